The molecule has 1 aliphatic heterocycles. The van der Waals surface area contributed by atoms with Crippen LogP contribution in [-0.2, 0) is 28.7 Å². The fraction of sp³-hybridized carbons (Fsp3) is 0.296. The average molecular weight is 558 g/mol. The highest BCUT2D eigenvalue weighted by atomic mass is 32.2. The summed E-state index contributed by atoms with van der Waals surface area (Å²) in [7, 11) is -2.83. The number of benzene rings is 3. The minimum absolute atomic E-state index is 0.00395. The Balaban J connectivity index is 1.51. The summed E-state index contributed by atoms with van der Waals surface area (Å²) in [6, 6.07) is 14.0. The maximum atomic E-state index is 13.2. The molecule has 1 aliphatic rings. The van der Waals surface area contributed by atoms with Gasteiger partial charge in [0, 0.05) is 29.6 Å². The lowest BCUT2D eigenvalue weighted by molar-refractivity contribution is -0.143. The first-order valence-corrected chi connectivity index (χ1v) is 14.3. The van der Waals surface area contributed by atoms with Crippen LogP contribution in [-0.4, -0.2) is 56.8 Å². The van der Waals surface area contributed by atoms with Gasteiger partial charge in [-0.1, -0.05) is 29.8 Å². The molecule has 1 heterocycles. The van der Waals surface area contributed by atoms with Gasteiger partial charge in [0.05, 0.1) is 35.2 Å². The topological polar surface area (TPSA) is 116 Å². The summed E-state index contributed by atoms with van der Waals surface area (Å²) < 4.78 is 41.0. The first-order valence-electron chi connectivity index (χ1n) is 11.9. The summed E-state index contributed by atoms with van der Waals surface area (Å²) in [5.41, 5.74) is 1.13. The monoisotopic (exact) mass is 557 g/mol. The zero-order valence-electron chi connectivity index (χ0n) is 21.1. The van der Waals surface area contributed by atoms with Crippen molar-refractivity contribution in [2.24, 2.45) is 0 Å². The zero-order valence-corrected chi connectivity index (χ0v) is 22.8. The van der Waals surface area contributed by atoms with Gasteiger partial charge in [0.1, 0.15) is 0 Å². The minimum Gasteiger partial charge on any atom is -0.466 e. The number of carbonyl (C=O) groups excluding carboxylic acids is 3. The Morgan fingerprint density at radius 3 is 2.37 bits per heavy atom. The van der Waals surface area contributed by atoms with Crippen LogP contribution in [0, 0.1) is 6.92 Å². The first kappa shape index (κ1) is 27.8. The lowest BCUT2D eigenvalue weighted by Crippen LogP contribution is -2.41. The van der Waals surface area contributed by atoms with Crippen molar-refractivity contribution in [3.63, 3.8) is 0 Å². The van der Waals surface area contributed by atoms with E-state index in [0.29, 0.717) is 28.0 Å². The molecule has 9 nitrogen and oxygen atoms in total. The van der Waals surface area contributed by atoms with Gasteiger partial charge in [0.25, 0.3) is 11.8 Å². The summed E-state index contributed by atoms with van der Waals surface area (Å²) in [5, 5.41) is 1.35. The van der Waals surface area contributed by atoms with Crippen LogP contribution in [0.25, 0.3) is 10.8 Å². The van der Waals surface area contributed by atoms with Crippen molar-refractivity contribution in [3.05, 3.63) is 71.3 Å². The van der Waals surface area contributed by atoms with Crippen molar-refractivity contribution in [1.82, 2.24) is 5.06 Å². The second-order valence-electron chi connectivity index (χ2n) is 8.74. The average Bonchev–Trinajstić information content (AvgIpc) is 2.90. The van der Waals surface area contributed by atoms with E-state index in [4.69, 9.17) is 13.8 Å². The van der Waals surface area contributed by atoms with E-state index < -0.39 is 21.9 Å². The third-order valence-electron chi connectivity index (χ3n) is 6.07. The molecule has 1 atom stereocenters. The number of carbonyl (C=O) groups is 3. The smallest absolute Gasteiger partial charge is 0.318 e. The standard InChI is InChI=1S/C27H27NO8S2/c1-17-7-9-19(10-8-17)38(32,33)36-28-26(30)21-6-4-5-20-23(12-11-22(25(20)21)27(28)31)37-16-14-24(29)35-15-13-18(2)34-3/h4-12,18H,13-16H2,1-3H3. The van der Waals surface area contributed by atoms with Gasteiger partial charge >= 0.3 is 16.1 Å². The Morgan fingerprint density at radius 2 is 1.68 bits per heavy atom. The van der Waals surface area contributed by atoms with Crippen LogP contribution in [0.1, 0.15) is 46.0 Å². The number of amides is 2. The fourth-order valence-corrected chi connectivity index (χ4v) is 5.73. The van der Waals surface area contributed by atoms with Gasteiger partial charge in [0.15, 0.2) is 0 Å². The molecule has 38 heavy (non-hydrogen) atoms. The molecule has 0 aromatic heterocycles. The van der Waals surface area contributed by atoms with Crippen molar-refractivity contribution in [3.8, 4) is 0 Å². The van der Waals surface area contributed by atoms with Crippen molar-refractivity contribution >= 4 is 50.4 Å². The predicted octanol–water partition coefficient (Wildman–Crippen LogP) is 4.52. The molecule has 0 aliphatic carbocycles. The third-order valence-corrected chi connectivity index (χ3v) is 8.34. The van der Waals surface area contributed by atoms with E-state index in [1.165, 1.54) is 36.0 Å². The van der Waals surface area contributed by atoms with Gasteiger partial charge in [-0.25, -0.2) is 0 Å². The number of imide groups is 1. The quantitative estimate of drug-likeness (QED) is 0.191. The predicted molar refractivity (Wildman–Crippen MR) is 141 cm³/mol. The zero-order chi connectivity index (χ0) is 27.4. The molecule has 3 aromatic carbocycles. The fourth-order valence-electron chi connectivity index (χ4n) is 3.86. The van der Waals surface area contributed by atoms with Crippen LogP contribution in [0.3, 0.4) is 0 Å². The number of esters is 1. The largest absolute Gasteiger partial charge is 0.466 e. The Hall–Kier alpha value is -3.25. The lowest BCUT2D eigenvalue weighted by Gasteiger charge is -2.26. The van der Waals surface area contributed by atoms with E-state index in [1.807, 2.05) is 6.92 Å². The Labute approximate surface area is 225 Å². The minimum atomic E-state index is -4.43. The number of thioether (sulfide) groups is 1. The van der Waals surface area contributed by atoms with Gasteiger partial charge in [-0.3, -0.25) is 14.4 Å². The second kappa shape index (κ2) is 11.6. The summed E-state index contributed by atoms with van der Waals surface area (Å²) in [6.45, 7) is 3.98. The molecule has 0 saturated heterocycles. The van der Waals surface area contributed by atoms with Crippen LogP contribution in [0.2, 0.25) is 0 Å². The highest BCUT2D eigenvalue weighted by Crippen LogP contribution is 2.37. The summed E-state index contributed by atoms with van der Waals surface area (Å²) in [4.78, 5) is 39.0. The van der Waals surface area contributed by atoms with Gasteiger partial charge in [-0.05, 0) is 49.6 Å². The van der Waals surface area contributed by atoms with E-state index in [0.717, 1.165) is 10.5 Å². The number of ether oxygens (including phenoxy) is 2. The maximum absolute atomic E-state index is 13.2. The number of nitrogens with zero attached hydrogens (tertiary/aromatic N) is 1. The van der Waals surface area contributed by atoms with Gasteiger partial charge in [-0.15, -0.1) is 21.1 Å². The van der Waals surface area contributed by atoms with Crippen molar-refractivity contribution < 1.29 is 36.6 Å². The molecule has 11 heteroatoms. The number of rotatable bonds is 11. The number of hydrogen-bond acceptors (Lipinski definition) is 9. The Bertz CT molecular complexity index is 1460. The molecule has 2 amide bonds. The van der Waals surface area contributed by atoms with Crippen molar-refractivity contribution in [2.45, 2.75) is 42.6 Å². The molecule has 0 spiro atoms. The number of methoxy groups -OCH3 is 1. The van der Waals surface area contributed by atoms with Crippen LogP contribution in [0.5, 0.6) is 0 Å². The maximum Gasteiger partial charge on any atom is 0.318 e. The third kappa shape index (κ3) is 5.91. The number of hydrogen-bond donors (Lipinski definition) is 0. The molecule has 1 unspecified atom stereocenters. The van der Waals surface area contributed by atoms with Gasteiger partial charge < -0.3 is 9.47 Å². The van der Waals surface area contributed by atoms with Crippen LogP contribution in [0.15, 0.2) is 64.4 Å². The van der Waals surface area contributed by atoms with E-state index in [1.54, 1.807) is 44.4 Å². The van der Waals surface area contributed by atoms with E-state index in [2.05, 4.69) is 0 Å². The molecule has 0 bridgehead atoms. The molecule has 0 saturated carbocycles. The normalized spacial score (nSPS) is 14.1. The van der Waals surface area contributed by atoms with E-state index in [9.17, 15) is 22.8 Å². The number of aryl methyl sites for hydroxylation is 1. The number of hydroxylamine groups is 2. The first-order chi connectivity index (χ1) is 18.1. The Kier molecular flexibility index (Phi) is 8.51. The second-order valence-corrected chi connectivity index (χ2v) is 11.4. The van der Waals surface area contributed by atoms with Crippen molar-refractivity contribution in [1.29, 1.82) is 0 Å². The highest BCUT2D eigenvalue weighted by molar-refractivity contribution is 7.99. The molecule has 4 rings (SSSR count). The molecule has 200 valence electrons. The van der Waals surface area contributed by atoms with Gasteiger partial charge in [0.2, 0.25) is 0 Å². The summed E-state index contributed by atoms with van der Waals surface area (Å²) in [6.07, 6.45) is 0.800. The van der Waals surface area contributed by atoms with Crippen LogP contribution in [0.4, 0.5) is 0 Å². The molecule has 0 N–H and O–H groups in total. The summed E-state index contributed by atoms with van der Waals surface area (Å²) in [5.74, 6) is -1.64. The summed E-state index contributed by atoms with van der Waals surface area (Å²) >= 11 is 1.40. The van der Waals surface area contributed by atoms with E-state index in [-0.39, 0.29) is 41.1 Å². The van der Waals surface area contributed by atoms with Crippen molar-refractivity contribution in [2.75, 3.05) is 19.5 Å². The SMILES string of the molecule is COC(C)CCOC(=O)CCSc1ccc2c3c(cccc13)C(=O)N(OS(=O)(=O)c1ccc(C)cc1)C2=O. The molecular formula is C27H27NO8S2. The molecular weight excluding hydrogens is 530 g/mol. The van der Waals surface area contributed by atoms with Crippen LogP contribution < -0.4 is 0 Å². The van der Waals surface area contributed by atoms with Crippen LogP contribution >= 0.6 is 11.8 Å². The van der Waals surface area contributed by atoms with E-state index >= 15 is 0 Å². The lowest BCUT2D eigenvalue weighted by atomic mass is 9.95. The molecule has 3 aromatic rings. The molecule has 0 fully saturated rings. The van der Waals surface area contributed by atoms with Gasteiger partial charge in [-0.2, -0.15) is 8.42 Å². The highest BCUT2D eigenvalue weighted by Gasteiger charge is 2.38. The molecule has 0 radical (unpaired) electrons. The Morgan fingerprint density at radius 1 is 1.00 bits per heavy atom.